The third-order valence-electron chi connectivity index (χ3n) is 2.92. The lowest BCUT2D eigenvalue weighted by atomic mass is 10.4. The number of hydrogen-bond acceptors (Lipinski definition) is 5. The van der Waals surface area contributed by atoms with Crippen molar-refractivity contribution in [2.75, 3.05) is 39.4 Å². The fraction of sp³-hybridized carbons (Fsp3) is 0.600. The lowest BCUT2D eigenvalue weighted by molar-refractivity contribution is 0.146. The number of aliphatic imine (C=N–C) groups is 1. The Labute approximate surface area is 167 Å². The van der Waals surface area contributed by atoms with Gasteiger partial charge in [0.25, 0.3) is 0 Å². The van der Waals surface area contributed by atoms with E-state index in [1.807, 2.05) is 13.8 Å². The zero-order valence-electron chi connectivity index (χ0n) is 14.7. The van der Waals surface area contributed by atoms with Crippen LogP contribution in [0.3, 0.4) is 0 Å². The highest BCUT2D eigenvalue weighted by Gasteiger charge is 2.12. The number of aromatic nitrogens is 1. The Morgan fingerprint density at radius 2 is 2.08 bits per heavy atom. The molecule has 0 radical (unpaired) electrons. The van der Waals surface area contributed by atoms with E-state index in [0.29, 0.717) is 32.3 Å². The van der Waals surface area contributed by atoms with Crippen molar-refractivity contribution in [3.63, 3.8) is 0 Å². The third-order valence-corrected chi connectivity index (χ3v) is 4.37. The molecule has 0 saturated heterocycles. The monoisotopic (exact) mass is 485 g/mol. The third kappa shape index (κ3) is 10.6. The van der Waals surface area contributed by atoms with Gasteiger partial charge in [0, 0.05) is 51.8 Å². The molecule has 0 saturated carbocycles. The zero-order valence-corrected chi connectivity index (χ0v) is 17.8. The van der Waals surface area contributed by atoms with Crippen molar-refractivity contribution >= 4 is 40.0 Å². The summed E-state index contributed by atoms with van der Waals surface area (Å²) in [5, 5.41) is 6.20. The summed E-state index contributed by atoms with van der Waals surface area (Å²) < 4.78 is 31.9. The first-order valence-corrected chi connectivity index (χ1v) is 9.58. The highest BCUT2D eigenvalue weighted by atomic mass is 127. The summed E-state index contributed by atoms with van der Waals surface area (Å²) in [6.07, 6.45) is 3.70. The van der Waals surface area contributed by atoms with Crippen molar-refractivity contribution < 1.29 is 13.2 Å². The molecule has 0 unspecified atom stereocenters. The molecular weight excluding hydrogens is 457 g/mol. The molecule has 3 N–H and O–H groups in total. The van der Waals surface area contributed by atoms with E-state index in [1.54, 1.807) is 6.07 Å². The second-order valence-electron chi connectivity index (χ2n) is 4.82. The molecule has 1 aromatic heterocycles. The molecule has 0 aliphatic rings. The first-order valence-electron chi connectivity index (χ1n) is 8.09. The van der Waals surface area contributed by atoms with Crippen LogP contribution < -0.4 is 15.4 Å². The summed E-state index contributed by atoms with van der Waals surface area (Å²) in [7, 11) is -3.53. The van der Waals surface area contributed by atoms with Crippen molar-refractivity contribution in [1.29, 1.82) is 0 Å². The maximum Gasteiger partial charge on any atom is 0.242 e. The minimum absolute atomic E-state index is 0. The maximum atomic E-state index is 12.0. The zero-order chi connectivity index (χ0) is 17.7. The van der Waals surface area contributed by atoms with Crippen molar-refractivity contribution in [1.82, 2.24) is 20.3 Å². The fourth-order valence-corrected chi connectivity index (χ4v) is 2.79. The molecule has 144 valence electrons. The van der Waals surface area contributed by atoms with E-state index in [2.05, 4.69) is 25.3 Å². The van der Waals surface area contributed by atoms with Gasteiger partial charge in [0.1, 0.15) is 4.90 Å². The minimum atomic E-state index is -3.53. The summed E-state index contributed by atoms with van der Waals surface area (Å²) in [4.78, 5) is 8.37. The van der Waals surface area contributed by atoms with E-state index in [1.165, 1.54) is 18.5 Å². The van der Waals surface area contributed by atoms with Crippen LogP contribution in [0.1, 0.15) is 20.3 Å². The van der Waals surface area contributed by atoms with E-state index >= 15 is 0 Å². The highest BCUT2D eigenvalue weighted by molar-refractivity contribution is 14.0. The molecule has 0 aromatic carbocycles. The number of ether oxygens (including phenoxy) is 1. The van der Waals surface area contributed by atoms with Crippen LogP contribution in [0.2, 0.25) is 0 Å². The lowest BCUT2D eigenvalue weighted by Gasteiger charge is -2.12. The minimum Gasteiger partial charge on any atom is -0.382 e. The molecule has 1 aromatic rings. The van der Waals surface area contributed by atoms with Crippen LogP contribution in [0.15, 0.2) is 34.4 Å². The number of nitrogens with zero attached hydrogens (tertiary/aromatic N) is 2. The average Bonchev–Trinajstić information content (AvgIpc) is 2.59. The Hall–Kier alpha value is -0.980. The Bertz CT molecular complexity index is 584. The number of guanidine groups is 1. The van der Waals surface area contributed by atoms with E-state index in [0.717, 1.165) is 13.0 Å². The van der Waals surface area contributed by atoms with Gasteiger partial charge in [-0.3, -0.25) is 9.98 Å². The van der Waals surface area contributed by atoms with Gasteiger partial charge in [-0.1, -0.05) is 0 Å². The van der Waals surface area contributed by atoms with E-state index < -0.39 is 10.0 Å². The van der Waals surface area contributed by atoms with Crippen LogP contribution in [-0.4, -0.2) is 58.8 Å². The number of hydrogen-bond donors (Lipinski definition) is 3. The van der Waals surface area contributed by atoms with E-state index in [-0.39, 0.29) is 35.4 Å². The van der Waals surface area contributed by atoms with Crippen LogP contribution in [0, 0.1) is 0 Å². The van der Waals surface area contributed by atoms with Gasteiger partial charge in [-0.15, -0.1) is 24.0 Å². The molecule has 10 heteroatoms. The van der Waals surface area contributed by atoms with E-state index in [4.69, 9.17) is 4.74 Å². The number of sulfonamides is 1. The van der Waals surface area contributed by atoms with Gasteiger partial charge in [-0.25, -0.2) is 13.1 Å². The Morgan fingerprint density at radius 3 is 2.72 bits per heavy atom. The summed E-state index contributed by atoms with van der Waals surface area (Å²) in [5.74, 6) is 0.662. The first-order chi connectivity index (χ1) is 11.6. The molecular formula is C15H28IN5O3S. The van der Waals surface area contributed by atoms with Crippen molar-refractivity contribution in [2.24, 2.45) is 4.99 Å². The highest BCUT2D eigenvalue weighted by Crippen LogP contribution is 2.04. The molecule has 8 nitrogen and oxygen atoms in total. The van der Waals surface area contributed by atoms with Crippen LogP contribution in [0.4, 0.5) is 0 Å². The van der Waals surface area contributed by atoms with Crippen molar-refractivity contribution in [2.45, 2.75) is 25.2 Å². The molecule has 25 heavy (non-hydrogen) atoms. The SMILES string of the molecule is CCNC(=NCCCOCC)NCCNS(=O)(=O)c1cccnc1.I. The normalized spacial score (nSPS) is 11.7. The lowest BCUT2D eigenvalue weighted by Crippen LogP contribution is -2.41. The largest absolute Gasteiger partial charge is 0.382 e. The average molecular weight is 485 g/mol. The molecule has 0 aliphatic heterocycles. The maximum absolute atomic E-state index is 12.0. The van der Waals surface area contributed by atoms with Crippen LogP contribution >= 0.6 is 24.0 Å². The van der Waals surface area contributed by atoms with Gasteiger partial charge >= 0.3 is 0 Å². The van der Waals surface area contributed by atoms with Crippen molar-refractivity contribution in [3.8, 4) is 0 Å². The predicted octanol–water partition coefficient (Wildman–Crippen LogP) is 0.960. The molecule has 0 fully saturated rings. The number of rotatable bonds is 11. The molecule has 1 rings (SSSR count). The van der Waals surface area contributed by atoms with Gasteiger partial charge in [-0.05, 0) is 32.4 Å². The topological polar surface area (TPSA) is 105 Å². The van der Waals surface area contributed by atoms with Crippen LogP contribution in [-0.2, 0) is 14.8 Å². The second kappa shape index (κ2) is 14.2. The molecule has 0 amide bonds. The van der Waals surface area contributed by atoms with Gasteiger partial charge in [0.05, 0.1) is 0 Å². The summed E-state index contributed by atoms with van der Waals surface area (Å²) >= 11 is 0. The first kappa shape index (κ1) is 24.0. The molecule has 0 aliphatic carbocycles. The summed E-state index contributed by atoms with van der Waals surface area (Å²) in [6.45, 7) is 7.39. The molecule has 0 bridgehead atoms. The quantitative estimate of drug-likeness (QED) is 0.187. The van der Waals surface area contributed by atoms with Crippen LogP contribution in [0.5, 0.6) is 0 Å². The van der Waals surface area contributed by atoms with E-state index in [9.17, 15) is 8.42 Å². The van der Waals surface area contributed by atoms with Gasteiger partial charge in [0.2, 0.25) is 10.0 Å². The van der Waals surface area contributed by atoms with Gasteiger partial charge in [0.15, 0.2) is 5.96 Å². The van der Waals surface area contributed by atoms with Crippen LogP contribution in [0.25, 0.3) is 0 Å². The summed E-state index contributed by atoms with van der Waals surface area (Å²) in [5.41, 5.74) is 0. The van der Waals surface area contributed by atoms with Crippen molar-refractivity contribution in [3.05, 3.63) is 24.5 Å². The summed E-state index contributed by atoms with van der Waals surface area (Å²) in [6, 6.07) is 3.09. The number of pyridine rings is 1. The fourth-order valence-electron chi connectivity index (χ4n) is 1.80. The second-order valence-corrected chi connectivity index (χ2v) is 6.59. The van der Waals surface area contributed by atoms with Gasteiger partial charge < -0.3 is 15.4 Å². The molecule has 0 atom stereocenters. The standard InChI is InChI=1S/C15H27N5O3S.HI/c1-3-17-15(18-9-6-12-23-4-2)19-10-11-20-24(21,22)14-7-5-8-16-13-14;/h5,7-8,13,20H,3-4,6,9-12H2,1-2H3,(H2,17,18,19);1H. The Kier molecular flexibility index (Phi) is 13.7. The number of nitrogens with one attached hydrogen (secondary N) is 3. The number of halogens is 1. The molecule has 0 spiro atoms. The smallest absolute Gasteiger partial charge is 0.242 e. The predicted molar refractivity (Wildman–Crippen MR) is 110 cm³/mol. The molecule has 1 heterocycles. The van der Waals surface area contributed by atoms with Gasteiger partial charge in [-0.2, -0.15) is 0 Å². The Morgan fingerprint density at radius 1 is 1.28 bits per heavy atom. The Balaban J connectivity index is 0.00000576.